The predicted molar refractivity (Wildman–Crippen MR) is 272 cm³/mol. The van der Waals surface area contributed by atoms with E-state index in [0.717, 1.165) is 54.2 Å². The van der Waals surface area contributed by atoms with E-state index in [9.17, 15) is 29.1 Å². The number of urea groups is 2. The molecule has 0 aliphatic rings. The number of para-hydroxylation sites is 2. The zero-order valence-electron chi connectivity index (χ0n) is 39.6. The van der Waals surface area contributed by atoms with Gasteiger partial charge in [0.25, 0.3) is 0 Å². The number of aromatic carboxylic acids is 1. The quantitative estimate of drug-likeness (QED) is 0.0238. The molecule has 0 spiro atoms. The monoisotopic (exact) mass is 951 g/mol. The molecule has 0 radical (unpaired) electrons. The van der Waals surface area contributed by atoms with E-state index in [-0.39, 0.29) is 18.4 Å². The highest BCUT2D eigenvalue weighted by molar-refractivity contribution is 6.00. The van der Waals surface area contributed by atoms with Crippen LogP contribution in [0, 0.1) is 0 Å². The molecule has 8 N–H and O–H groups in total. The van der Waals surface area contributed by atoms with E-state index in [0.29, 0.717) is 54.6 Å². The predicted octanol–water partition coefficient (Wildman–Crippen LogP) is 8.29. The lowest BCUT2D eigenvalue weighted by molar-refractivity contribution is -0.119. The number of hydrazine groups is 1. The molecule has 0 heterocycles. The van der Waals surface area contributed by atoms with Crippen LogP contribution < -0.4 is 46.8 Å². The molecule has 0 bridgehead atoms. The summed E-state index contributed by atoms with van der Waals surface area (Å²) < 4.78 is 11.6. The van der Waals surface area contributed by atoms with Gasteiger partial charge < -0.3 is 46.5 Å². The van der Waals surface area contributed by atoms with Crippen LogP contribution in [0.5, 0.6) is 23.0 Å². The van der Waals surface area contributed by atoms with Crippen molar-refractivity contribution in [3.05, 3.63) is 174 Å². The molecule has 366 valence electrons. The van der Waals surface area contributed by atoms with E-state index >= 15 is 0 Å². The van der Waals surface area contributed by atoms with E-state index in [4.69, 9.17) is 15.2 Å². The van der Waals surface area contributed by atoms with Gasteiger partial charge in [0.1, 0.15) is 23.0 Å². The Kier molecular flexibility index (Phi) is 21.4. The Labute approximate surface area is 408 Å². The minimum atomic E-state index is -0.923. The zero-order valence-corrected chi connectivity index (χ0v) is 39.6. The molecule has 0 atom stereocenters. The molecule has 6 amide bonds. The molecule has 0 fully saturated rings. The second-order valence-corrected chi connectivity index (χ2v) is 16.0. The van der Waals surface area contributed by atoms with Crippen LogP contribution in [-0.4, -0.2) is 91.7 Å². The summed E-state index contributed by atoms with van der Waals surface area (Å²) in [5, 5.41) is 26.4. The van der Waals surface area contributed by atoms with Crippen molar-refractivity contribution >= 4 is 46.9 Å². The average Bonchev–Trinajstić information content (AvgIpc) is 3.33. The van der Waals surface area contributed by atoms with Crippen LogP contribution in [0.3, 0.4) is 0 Å². The number of primary amides is 1. The second kappa shape index (κ2) is 28.3. The summed E-state index contributed by atoms with van der Waals surface area (Å²) in [5.41, 5.74) is 9.11. The minimum Gasteiger partial charge on any atom is -0.478 e. The number of ether oxygens (including phenoxy) is 2. The van der Waals surface area contributed by atoms with Crippen LogP contribution >= 0.6 is 0 Å². The maximum Gasteiger partial charge on any atom is 0.336 e. The summed E-state index contributed by atoms with van der Waals surface area (Å²) in [7, 11) is 3.93. The molecule has 17 nitrogen and oxygen atoms in total. The Bertz CT molecular complexity index is 2570. The van der Waals surface area contributed by atoms with Crippen molar-refractivity contribution in [3.63, 3.8) is 0 Å². The second-order valence-electron chi connectivity index (χ2n) is 16.0. The fraction of sp³-hybridized carbons (Fsp3) is 0.226. The number of anilines is 3. The Balaban J connectivity index is 0.000000265. The fourth-order valence-electron chi connectivity index (χ4n) is 7.01. The summed E-state index contributed by atoms with van der Waals surface area (Å²) in [6.45, 7) is 5.86. The molecule has 17 heteroatoms. The van der Waals surface area contributed by atoms with E-state index in [1.165, 1.54) is 0 Å². The largest absolute Gasteiger partial charge is 0.478 e. The zero-order chi connectivity index (χ0) is 50.1. The molecule has 0 aliphatic carbocycles. The lowest BCUT2D eigenvalue weighted by Crippen LogP contribution is -2.44. The van der Waals surface area contributed by atoms with Gasteiger partial charge in [0.2, 0.25) is 11.8 Å². The van der Waals surface area contributed by atoms with Gasteiger partial charge in [0, 0.05) is 45.0 Å². The third-order valence-electron chi connectivity index (χ3n) is 10.3. The number of carbonyl (C=O) groups is 5. The van der Waals surface area contributed by atoms with Gasteiger partial charge in [0.15, 0.2) is 0 Å². The highest BCUT2D eigenvalue weighted by atomic mass is 16.5. The number of nitrogens with zero attached hydrogens (tertiary/aromatic N) is 3. The Morgan fingerprint density at radius 3 is 1.71 bits per heavy atom. The lowest BCUT2D eigenvalue weighted by Gasteiger charge is -2.31. The van der Waals surface area contributed by atoms with E-state index in [2.05, 4.69) is 26.2 Å². The number of carbonyl (C=O) groups excluding carboxylic acids is 4. The van der Waals surface area contributed by atoms with Gasteiger partial charge in [-0.3, -0.25) is 14.9 Å². The first-order chi connectivity index (χ1) is 33.8. The standard InChI is InChI=1S/C28H34N6O4.C25H27N3O4/c1-21(35)34(24-14-16-26(17-15-24)38-25-8-5-4-6-9-25)33(3)19-7-18-32(2)20-22-10-12-23(13-11-22)30-28(37)31-27(29)36;29-24(28-20-11-13-22(14-12-20)32-21-8-2-1-3-9-21)18-27-16-6-15-26-17-19-7-4-5-10-23(19)25(30)31/h4-6,8-17H,7,18-20H2,1-3H3,(H4,29,30,31,36,37);1-5,7-14,26-27H,6,15-18H2,(H,28,29)(H,30,31). The summed E-state index contributed by atoms with van der Waals surface area (Å²) in [5.74, 6) is 1.80. The summed E-state index contributed by atoms with van der Waals surface area (Å²) in [4.78, 5) is 60.2. The van der Waals surface area contributed by atoms with Crippen LogP contribution in [-0.2, 0) is 22.7 Å². The van der Waals surface area contributed by atoms with E-state index in [1.54, 1.807) is 54.4 Å². The number of benzene rings is 6. The van der Waals surface area contributed by atoms with Crippen molar-refractivity contribution in [1.82, 2.24) is 25.9 Å². The fourth-order valence-corrected chi connectivity index (χ4v) is 7.01. The van der Waals surface area contributed by atoms with Crippen molar-refractivity contribution < 1.29 is 38.6 Å². The smallest absolute Gasteiger partial charge is 0.336 e. The van der Waals surface area contributed by atoms with Gasteiger partial charge in [-0.15, -0.1) is 0 Å². The van der Waals surface area contributed by atoms with Crippen molar-refractivity contribution in [2.45, 2.75) is 32.9 Å². The van der Waals surface area contributed by atoms with Crippen molar-refractivity contribution in [2.24, 2.45) is 5.73 Å². The van der Waals surface area contributed by atoms with Crippen molar-refractivity contribution in [3.8, 4) is 23.0 Å². The third kappa shape index (κ3) is 18.9. The third-order valence-corrected chi connectivity index (χ3v) is 10.3. The van der Waals surface area contributed by atoms with Crippen LogP contribution in [0.15, 0.2) is 158 Å². The molecule has 0 aromatic heterocycles. The van der Waals surface area contributed by atoms with Gasteiger partial charge >= 0.3 is 18.0 Å². The number of nitrogens with two attached hydrogens (primary N) is 1. The van der Waals surface area contributed by atoms with Crippen molar-refractivity contribution in [2.75, 3.05) is 62.5 Å². The summed E-state index contributed by atoms with van der Waals surface area (Å²) in [6, 6.07) is 46.4. The number of hydrogen-bond acceptors (Lipinski definition) is 11. The first-order valence-corrected chi connectivity index (χ1v) is 22.7. The molecule has 0 unspecified atom stereocenters. The van der Waals surface area contributed by atoms with Gasteiger partial charge in [-0.2, -0.15) is 0 Å². The molecule has 0 saturated carbocycles. The molecule has 0 saturated heterocycles. The minimum absolute atomic E-state index is 0.0733. The Hall–Kier alpha value is -8.09. The molecular weight excluding hydrogens is 891 g/mol. The van der Waals surface area contributed by atoms with E-state index < -0.39 is 18.0 Å². The maximum absolute atomic E-state index is 12.4. The number of amides is 6. The molecular formula is C53H61N9O8. The number of nitrogens with one attached hydrogen (secondary N) is 5. The maximum atomic E-state index is 12.4. The number of carboxylic acids is 1. The van der Waals surface area contributed by atoms with Crippen molar-refractivity contribution in [1.29, 1.82) is 0 Å². The average molecular weight is 952 g/mol. The SMILES string of the molecule is CC(=O)N(c1ccc(Oc2ccccc2)cc1)N(C)CCCN(C)Cc1ccc(NC(=O)NC(N)=O)cc1.O=C(CNCCCNCc1ccccc1C(=O)O)Nc1ccc(Oc2ccccc2)cc1. The normalized spacial score (nSPS) is 10.6. The Morgan fingerprint density at radius 2 is 1.13 bits per heavy atom. The molecule has 6 aromatic carbocycles. The van der Waals surface area contributed by atoms with Crippen LogP contribution in [0.4, 0.5) is 26.7 Å². The van der Waals surface area contributed by atoms with Gasteiger partial charge in [-0.05, 0) is 142 Å². The number of carboxylic acid groups (broad SMARTS) is 1. The number of rotatable bonds is 23. The molecule has 6 aromatic rings. The van der Waals surface area contributed by atoms with Crippen LogP contribution in [0.2, 0.25) is 0 Å². The highest BCUT2D eigenvalue weighted by Crippen LogP contribution is 2.26. The van der Waals surface area contributed by atoms with Crippen LogP contribution in [0.25, 0.3) is 0 Å². The van der Waals surface area contributed by atoms with Gasteiger partial charge in [-0.25, -0.2) is 24.4 Å². The summed E-state index contributed by atoms with van der Waals surface area (Å²) in [6.07, 6.45) is 1.66. The number of imide groups is 1. The first kappa shape index (κ1) is 52.9. The summed E-state index contributed by atoms with van der Waals surface area (Å²) >= 11 is 0. The molecule has 0 aliphatic heterocycles. The first-order valence-electron chi connectivity index (χ1n) is 22.7. The number of hydrogen-bond donors (Lipinski definition) is 7. The highest BCUT2D eigenvalue weighted by Gasteiger charge is 2.18. The molecule has 70 heavy (non-hydrogen) atoms. The van der Waals surface area contributed by atoms with E-state index in [1.807, 2.05) is 140 Å². The Morgan fingerprint density at radius 1 is 0.600 bits per heavy atom. The lowest BCUT2D eigenvalue weighted by atomic mass is 10.1. The van der Waals surface area contributed by atoms with Gasteiger partial charge in [0.05, 0.1) is 17.8 Å². The van der Waals surface area contributed by atoms with Crippen LogP contribution in [0.1, 0.15) is 41.3 Å². The molecule has 6 rings (SSSR count). The topological polar surface area (TPSA) is 220 Å². The van der Waals surface area contributed by atoms with Gasteiger partial charge in [-0.1, -0.05) is 66.7 Å².